The first-order valence-electron chi connectivity index (χ1n) is 22.6. The fourth-order valence-corrected chi connectivity index (χ4v) is 6.68. The smallest absolute Gasteiger partial charge is 0.306 e. The van der Waals surface area contributed by atoms with Crippen LogP contribution < -0.4 is 0 Å². The normalized spacial score (nSPS) is 12.7. The monoisotopic (exact) mass is 727 g/mol. The van der Waals surface area contributed by atoms with Crippen LogP contribution in [0.5, 0.6) is 0 Å². The summed E-state index contributed by atoms with van der Waals surface area (Å²) in [6.45, 7) is 4.31. The van der Waals surface area contributed by atoms with E-state index in [0.717, 1.165) is 57.8 Å². The predicted molar refractivity (Wildman–Crippen MR) is 227 cm³/mol. The zero-order valence-electron chi connectivity index (χ0n) is 34.6. The zero-order chi connectivity index (χ0) is 37.8. The molecule has 52 heavy (non-hydrogen) atoms. The van der Waals surface area contributed by atoms with Gasteiger partial charge in [-0.1, -0.05) is 197 Å². The topological polar surface area (TPSA) is 63.6 Å². The highest BCUT2D eigenvalue weighted by atomic mass is 16.5. The van der Waals surface area contributed by atoms with Gasteiger partial charge in [-0.25, -0.2) is 0 Å². The summed E-state index contributed by atoms with van der Waals surface area (Å²) in [5, 5.41) is 8.66. The highest BCUT2D eigenvalue weighted by Gasteiger charge is 2.09. The van der Waals surface area contributed by atoms with E-state index in [2.05, 4.69) is 62.5 Å². The van der Waals surface area contributed by atoms with Gasteiger partial charge in [-0.3, -0.25) is 9.59 Å². The second kappa shape index (κ2) is 43.3. The van der Waals surface area contributed by atoms with Gasteiger partial charge < -0.3 is 9.84 Å². The van der Waals surface area contributed by atoms with Gasteiger partial charge in [-0.05, 0) is 77.6 Å². The van der Waals surface area contributed by atoms with E-state index in [1.54, 1.807) is 0 Å². The molecule has 0 heterocycles. The Kier molecular flexibility index (Phi) is 41.6. The van der Waals surface area contributed by atoms with E-state index >= 15 is 0 Å². The SMILES string of the molecule is CCCCC/C=C\C/C=C\C/C=C\C/C=C\CCCCCCCC(=O)OC(C)CCCCCCCCCCCCCCCCCCCCCC(=O)O. The summed E-state index contributed by atoms with van der Waals surface area (Å²) in [6, 6.07) is 0. The molecular formula is C48H86O4. The van der Waals surface area contributed by atoms with Gasteiger partial charge in [0.25, 0.3) is 0 Å². The van der Waals surface area contributed by atoms with Crippen LogP contribution in [-0.4, -0.2) is 23.1 Å². The molecule has 0 amide bonds. The standard InChI is InChI=1S/C48H86O4/c1-3-4-5-6-7-8-9-10-11-12-13-14-18-21-24-27-30-33-36-39-42-45-48(51)52-46(2)43-40-37-34-31-28-25-22-19-16-15-17-20-23-26-29-32-35-38-41-44-47(49)50/h7-8,10-11,13-14,21,24,46H,3-6,9,12,15-20,22-23,25-45H2,1-2H3,(H,49,50)/b8-7-,11-10-,14-13-,24-21-. The number of aliphatic carboxylic acids is 1. The van der Waals surface area contributed by atoms with Gasteiger partial charge in [0.05, 0.1) is 6.10 Å². The van der Waals surface area contributed by atoms with Crippen molar-refractivity contribution in [3.63, 3.8) is 0 Å². The average molecular weight is 727 g/mol. The quantitative estimate of drug-likeness (QED) is 0.0387. The van der Waals surface area contributed by atoms with Gasteiger partial charge in [-0.15, -0.1) is 0 Å². The largest absolute Gasteiger partial charge is 0.481 e. The van der Waals surface area contributed by atoms with Crippen LogP contribution in [0.1, 0.15) is 239 Å². The Hall–Kier alpha value is -2.10. The number of carbonyl (C=O) groups excluding carboxylic acids is 1. The summed E-state index contributed by atoms with van der Waals surface area (Å²) in [5.74, 6) is -0.668. The number of allylic oxidation sites excluding steroid dienone is 8. The molecular weight excluding hydrogens is 641 g/mol. The summed E-state index contributed by atoms with van der Waals surface area (Å²) in [4.78, 5) is 22.7. The number of unbranched alkanes of at least 4 members (excludes halogenated alkanes) is 26. The van der Waals surface area contributed by atoms with E-state index in [1.807, 2.05) is 0 Å². The fraction of sp³-hybridized carbons (Fsp3) is 0.792. The van der Waals surface area contributed by atoms with Crippen LogP contribution in [0, 0.1) is 0 Å². The van der Waals surface area contributed by atoms with Crippen LogP contribution in [-0.2, 0) is 14.3 Å². The van der Waals surface area contributed by atoms with E-state index in [1.165, 1.54) is 154 Å². The van der Waals surface area contributed by atoms with Crippen molar-refractivity contribution in [2.24, 2.45) is 0 Å². The van der Waals surface area contributed by atoms with Crippen molar-refractivity contribution < 1.29 is 19.4 Å². The van der Waals surface area contributed by atoms with Crippen molar-refractivity contribution >= 4 is 11.9 Å². The van der Waals surface area contributed by atoms with Crippen LogP contribution in [0.15, 0.2) is 48.6 Å². The minimum absolute atomic E-state index is 0.00748. The molecule has 1 unspecified atom stereocenters. The molecule has 0 aliphatic carbocycles. The van der Waals surface area contributed by atoms with Gasteiger partial charge in [-0.2, -0.15) is 0 Å². The number of hydrogen-bond donors (Lipinski definition) is 1. The first-order chi connectivity index (χ1) is 25.6. The van der Waals surface area contributed by atoms with E-state index < -0.39 is 5.97 Å². The van der Waals surface area contributed by atoms with Gasteiger partial charge >= 0.3 is 11.9 Å². The van der Waals surface area contributed by atoms with E-state index in [9.17, 15) is 9.59 Å². The Morgan fingerprint density at radius 2 is 0.769 bits per heavy atom. The second-order valence-corrected chi connectivity index (χ2v) is 15.3. The summed E-state index contributed by atoms with van der Waals surface area (Å²) in [7, 11) is 0. The first-order valence-corrected chi connectivity index (χ1v) is 22.6. The molecule has 0 aromatic heterocycles. The summed E-state index contributed by atoms with van der Waals surface area (Å²) >= 11 is 0. The summed E-state index contributed by atoms with van der Waals surface area (Å²) in [6.07, 6.45) is 60.0. The van der Waals surface area contributed by atoms with Gasteiger partial charge in [0.15, 0.2) is 0 Å². The third-order valence-corrected chi connectivity index (χ3v) is 10.0. The maximum atomic E-state index is 12.2. The average Bonchev–Trinajstić information content (AvgIpc) is 3.12. The summed E-state index contributed by atoms with van der Waals surface area (Å²) in [5.41, 5.74) is 0. The van der Waals surface area contributed by atoms with E-state index in [-0.39, 0.29) is 12.1 Å². The minimum atomic E-state index is -0.661. The molecule has 0 saturated heterocycles. The Morgan fingerprint density at radius 3 is 1.17 bits per heavy atom. The molecule has 4 nitrogen and oxygen atoms in total. The number of carboxylic acids is 1. The van der Waals surface area contributed by atoms with Crippen LogP contribution in [0.3, 0.4) is 0 Å². The van der Waals surface area contributed by atoms with Crippen molar-refractivity contribution in [2.45, 2.75) is 245 Å². The van der Waals surface area contributed by atoms with E-state index in [4.69, 9.17) is 9.84 Å². The van der Waals surface area contributed by atoms with Crippen molar-refractivity contribution in [1.82, 2.24) is 0 Å². The molecule has 302 valence electrons. The molecule has 0 aromatic carbocycles. The van der Waals surface area contributed by atoms with Gasteiger partial charge in [0, 0.05) is 12.8 Å². The highest BCUT2D eigenvalue weighted by molar-refractivity contribution is 5.69. The maximum Gasteiger partial charge on any atom is 0.306 e. The van der Waals surface area contributed by atoms with Gasteiger partial charge in [0.1, 0.15) is 0 Å². The molecule has 0 spiro atoms. The van der Waals surface area contributed by atoms with Crippen molar-refractivity contribution in [2.75, 3.05) is 0 Å². The Morgan fingerprint density at radius 1 is 0.442 bits per heavy atom. The molecule has 0 rings (SSSR count). The molecule has 1 N–H and O–H groups in total. The fourth-order valence-electron chi connectivity index (χ4n) is 6.68. The minimum Gasteiger partial charge on any atom is -0.481 e. The maximum absolute atomic E-state index is 12.2. The number of carboxylic acid groups (broad SMARTS) is 1. The lowest BCUT2D eigenvalue weighted by Gasteiger charge is -2.13. The summed E-state index contributed by atoms with van der Waals surface area (Å²) < 4.78 is 5.67. The third kappa shape index (κ3) is 44.1. The lowest BCUT2D eigenvalue weighted by atomic mass is 10.0. The molecule has 0 aromatic rings. The number of carbonyl (C=O) groups is 2. The number of hydrogen-bond acceptors (Lipinski definition) is 3. The number of esters is 1. The van der Waals surface area contributed by atoms with Crippen molar-refractivity contribution in [3.8, 4) is 0 Å². The second-order valence-electron chi connectivity index (χ2n) is 15.3. The Labute approximate surface area is 323 Å². The van der Waals surface area contributed by atoms with Crippen LogP contribution >= 0.6 is 0 Å². The molecule has 1 atom stereocenters. The predicted octanol–water partition coefficient (Wildman–Crippen LogP) is 15.9. The highest BCUT2D eigenvalue weighted by Crippen LogP contribution is 2.16. The number of rotatable bonds is 41. The lowest BCUT2D eigenvalue weighted by molar-refractivity contribution is -0.148. The molecule has 4 heteroatoms. The number of ether oxygens (including phenoxy) is 1. The molecule has 0 fully saturated rings. The third-order valence-electron chi connectivity index (χ3n) is 10.0. The lowest BCUT2D eigenvalue weighted by Crippen LogP contribution is -2.14. The Bertz CT molecular complexity index is 870. The molecule has 0 aliphatic heterocycles. The van der Waals surface area contributed by atoms with Crippen LogP contribution in [0.25, 0.3) is 0 Å². The zero-order valence-corrected chi connectivity index (χ0v) is 34.6. The van der Waals surface area contributed by atoms with E-state index in [0.29, 0.717) is 12.8 Å². The van der Waals surface area contributed by atoms with Gasteiger partial charge in [0.2, 0.25) is 0 Å². The molecule has 0 bridgehead atoms. The van der Waals surface area contributed by atoms with Crippen LogP contribution in [0.2, 0.25) is 0 Å². The molecule has 0 radical (unpaired) electrons. The van der Waals surface area contributed by atoms with Crippen LogP contribution in [0.4, 0.5) is 0 Å². The van der Waals surface area contributed by atoms with Crippen molar-refractivity contribution in [1.29, 1.82) is 0 Å². The molecule has 0 saturated carbocycles. The first kappa shape index (κ1) is 49.9. The Balaban J connectivity index is 3.37. The van der Waals surface area contributed by atoms with Crippen molar-refractivity contribution in [3.05, 3.63) is 48.6 Å². The molecule has 0 aliphatic rings.